The van der Waals surface area contributed by atoms with E-state index in [9.17, 15) is 80.2 Å². The lowest BCUT2D eigenvalue weighted by molar-refractivity contribution is -0.143. The van der Waals surface area contributed by atoms with E-state index in [1.54, 1.807) is 0 Å². The van der Waals surface area contributed by atoms with Gasteiger partial charge in [0.2, 0.25) is 0 Å². The number of carboxylic acid groups (broad SMARTS) is 3. The number of fused-ring (bicyclic) bond motifs is 9. The lowest BCUT2D eigenvalue weighted by Crippen LogP contribution is -2.22. The Kier molecular flexibility index (Phi) is 8.47. The summed E-state index contributed by atoms with van der Waals surface area (Å²) in [6.45, 7) is -3.02. The molecule has 12 nitrogen and oxygen atoms in total. The number of rotatable bonds is 6. The largest absolute Gasteiger partial charge is 0.480 e. The molecule has 27 heteroatoms. The minimum atomic E-state index is -4.86. The van der Waals surface area contributed by atoms with Crippen molar-refractivity contribution in [2.75, 3.05) is 0 Å². The Morgan fingerprint density at radius 3 is 0.877 bits per heavy atom. The van der Waals surface area contributed by atoms with Crippen LogP contribution in [0.15, 0.2) is 0 Å². The van der Waals surface area contributed by atoms with E-state index in [2.05, 4.69) is 15.3 Å². The van der Waals surface area contributed by atoms with Gasteiger partial charge in [0, 0.05) is 34.4 Å². The zero-order valence-electron chi connectivity index (χ0n) is 27.6. The van der Waals surface area contributed by atoms with Gasteiger partial charge in [0.25, 0.3) is 17.8 Å². The van der Waals surface area contributed by atoms with Crippen LogP contribution < -0.4 is 0 Å². The van der Waals surface area contributed by atoms with Gasteiger partial charge < -0.3 is 15.3 Å². The predicted octanol–water partition coefficient (Wildman–Crippen LogP) is 6.59. The van der Waals surface area contributed by atoms with Crippen molar-refractivity contribution in [2.45, 2.75) is 92.9 Å². The van der Waals surface area contributed by atoms with E-state index in [0.717, 1.165) is 0 Å². The molecule has 9 rings (SSSR count). The van der Waals surface area contributed by atoms with Gasteiger partial charge >= 0.3 is 36.4 Å². The average molecular weight is 847 g/mol. The zero-order chi connectivity index (χ0) is 42.5. The van der Waals surface area contributed by atoms with Gasteiger partial charge in [-0.15, -0.1) is 0 Å². The van der Waals surface area contributed by atoms with Crippen molar-refractivity contribution in [3.8, 4) is 0 Å². The Balaban J connectivity index is 0.000000131. The van der Waals surface area contributed by atoms with Gasteiger partial charge in [-0.25, -0.2) is 0 Å². The molecule has 312 valence electrons. The fourth-order valence-corrected chi connectivity index (χ4v) is 8.16. The minimum absolute atomic E-state index is 0.0121. The van der Waals surface area contributed by atoms with Gasteiger partial charge in [0.05, 0.1) is 0 Å². The molecule has 0 aromatic carbocycles. The Bertz CT molecular complexity index is 1970. The number of halogens is 15. The fourth-order valence-electron chi connectivity index (χ4n) is 8.16. The first kappa shape index (κ1) is 40.2. The molecule has 57 heavy (non-hydrogen) atoms. The summed E-state index contributed by atoms with van der Waals surface area (Å²) in [5.41, 5.74) is -8.37. The highest BCUT2D eigenvalue weighted by atomic mass is 19.4. The number of carbonyl (C=O) groups is 3. The van der Waals surface area contributed by atoms with E-state index in [1.165, 1.54) is 0 Å². The van der Waals surface area contributed by atoms with E-state index < -0.39 is 160 Å². The van der Waals surface area contributed by atoms with Crippen molar-refractivity contribution < 1.29 is 95.6 Å². The lowest BCUT2D eigenvalue weighted by Gasteiger charge is -2.14. The fraction of sp³-hybridized carbons (Fsp3) is 0.600. The third-order valence-corrected chi connectivity index (χ3v) is 10.5. The highest BCUT2D eigenvalue weighted by Crippen LogP contribution is 2.70. The molecule has 3 saturated carbocycles. The summed E-state index contributed by atoms with van der Waals surface area (Å²) in [7, 11) is 0. The van der Waals surface area contributed by atoms with Crippen LogP contribution in [0.4, 0.5) is 65.9 Å². The van der Waals surface area contributed by atoms with E-state index in [4.69, 9.17) is 15.3 Å². The van der Waals surface area contributed by atoms with Crippen LogP contribution in [0, 0.1) is 17.8 Å². The van der Waals surface area contributed by atoms with Gasteiger partial charge in [-0.2, -0.15) is 81.2 Å². The molecule has 3 aromatic rings. The first-order valence-electron chi connectivity index (χ1n) is 16.3. The van der Waals surface area contributed by atoms with Crippen LogP contribution in [0.5, 0.6) is 0 Å². The van der Waals surface area contributed by atoms with Crippen molar-refractivity contribution in [3.05, 3.63) is 50.9 Å². The maximum Gasteiger partial charge on any atom is 0.435 e. The summed E-state index contributed by atoms with van der Waals surface area (Å²) in [6.07, 6.45) is -14.6. The summed E-state index contributed by atoms with van der Waals surface area (Å²) < 4.78 is 199. The second-order valence-electron chi connectivity index (χ2n) is 14.2. The third kappa shape index (κ3) is 6.33. The average Bonchev–Trinajstić information content (AvgIpc) is 3.96. The summed E-state index contributed by atoms with van der Waals surface area (Å²) in [5.74, 6) is -20.9. The van der Waals surface area contributed by atoms with Crippen LogP contribution in [0.25, 0.3) is 0 Å². The number of hydrogen-bond acceptors (Lipinski definition) is 6. The van der Waals surface area contributed by atoms with Crippen LogP contribution in [0.1, 0.15) is 87.9 Å². The van der Waals surface area contributed by atoms with E-state index >= 15 is 0 Å². The summed E-state index contributed by atoms with van der Waals surface area (Å²) in [4.78, 5) is 31.6. The van der Waals surface area contributed by atoms with Crippen molar-refractivity contribution in [3.63, 3.8) is 0 Å². The highest BCUT2D eigenvalue weighted by Gasteiger charge is 2.70. The molecule has 0 spiro atoms. The molecule has 0 radical (unpaired) electrons. The Hall–Kier alpha value is -5.01. The molecule has 0 aliphatic heterocycles. The van der Waals surface area contributed by atoms with Crippen LogP contribution in [0.3, 0.4) is 0 Å². The van der Waals surface area contributed by atoms with Crippen molar-refractivity contribution >= 4 is 17.9 Å². The van der Waals surface area contributed by atoms with Crippen molar-refractivity contribution in [1.29, 1.82) is 0 Å². The molecule has 0 saturated heterocycles. The monoisotopic (exact) mass is 846 g/mol. The summed E-state index contributed by atoms with van der Waals surface area (Å²) in [5, 5.41) is 34.9. The maximum absolute atomic E-state index is 13.9. The molecule has 3 heterocycles. The standard InChI is InChI=1S/3C10H7F5N2O2/c3*11-9(12)4-1-3(4)6-7(10(13,14)15)16-17(8(6)9)2-5(18)19/h3*3-4H,1-2H2,(H,18,19)/t2*3-,4+;/m10./s1. The molecule has 6 atom stereocenters. The number of alkyl halides is 15. The minimum Gasteiger partial charge on any atom is -0.480 e. The molecule has 0 bridgehead atoms. The van der Waals surface area contributed by atoms with Crippen LogP contribution in [0.2, 0.25) is 0 Å². The van der Waals surface area contributed by atoms with Gasteiger partial charge in [-0.05, 0) is 37.0 Å². The molecular weight excluding hydrogens is 825 g/mol. The summed E-state index contributed by atoms with van der Waals surface area (Å²) in [6, 6.07) is 0. The maximum atomic E-state index is 13.9. The smallest absolute Gasteiger partial charge is 0.435 e. The topological polar surface area (TPSA) is 165 Å². The number of carboxylic acids is 3. The lowest BCUT2D eigenvalue weighted by atomic mass is 10.1. The Morgan fingerprint density at radius 2 is 0.702 bits per heavy atom. The van der Waals surface area contributed by atoms with Gasteiger partial charge in [-0.3, -0.25) is 28.4 Å². The molecule has 2 unspecified atom stereocenters. The Morgan fingerprint density at radius 1 is 0.491 bits per heavy atom. The van der Waals surface area contributed by atoms with Gasteiger partial charge in [-0.1, -0.05) is 0 Å². The van der Waals surface area contributed by atoms with Gasteiger partial charge in [0.15, 0.2) is 17.1 Å². The molecule has 0 amide bonds. The quantitative estimate of drug-likeness (QED) is 0.232. The van der Waals surface area contributed by atoms with Crippen LogP contribution in [-0.4, -0.2) is 62.6 Å². The third-order valence-electron chi connectivity index (χ3n) is 10.5. The van der Waals surface area contributed by atoms with Crippen LogP contribution >= 0.6 is 0 Å². The Labute approximate surface area is 304 Å². The molecule has 6 aliphatic rings. The highest BCUT2D eigenvalue weighted by molar-refractivity contribution is 5.68. The molecular formula is C30H21F15N6O6. The molecule has 3 N–H and O–H groups in total. The second-order valence-corrected chi connectivity index (χ2v) is 14.2. The van der Waals surface area contributed by atoms with E-state index in [1.807, 2.05) is 0 Å². The number of aliphatic carboxylic acids is 3. The van der Waals surface area contributed by atoms with Crippen LogP contribution in [-0.2, 0) is 70.3 Å². The second kappa shape index (κ2) is 12.0. The molecule has 6 aliphatic carbocycles. The zero-order valence-corrected chi connectivity index (χ0v) is 27.6. The number of hydrogen-bond donors (Lipinski definition) is 3. The van der Waals surface area contributed by atoms with E-state index in [0.29, 0.717) is 0 Å². The molecule has 3 aromatic heterocycles. The first-order chi connectivity index (χ1) is 25.9. The van der Waals surface area contributed by atoms with E-state index in [-0.39, 0.29) is 33.3 Å². The first-order valence-corrected chi connectivity index (χ1v) is 16.3. The van der Waals surface area contributed by atoms with Crippen molar-refractivity contribution in [2.24, 2.45) is 17.8 Å². The van der Waals surface area contributed by atoms with Gasteiger partial charge in [0.1, 0.15) is 36.7 Å². The number of aromatic nitrogens is 6. The SMILES string of the molecule is O=C(O)Cn1nc(C(F)(F)F)c2c1C(F)(F)C1CC21.O=C(O)Cn1nc(C(F)(F)F)c2c1C(F)(F)[C@@H]1C[C@H]21.O=C(O)Cn1nc(C(F)(F)F)c2c1C(F)(F)[C@H]1C[C@@H]21. The normalized spacial score (nSPS) is 27.0. The molecule has 3 fully saturated rings. The van der Waals surface area contributed by atoms with Crippen molar-refractivity contribution in [1.82, 2.24) is 29.3 Å². The summed E-state index contributed by atoms with van der Waals surface area (Å²) >= 11 is 0. The predicted molar refractivity (Wildman–Crippen MR) is 149 cm³/mol. The number of nitrogens with zero attached hydrogens (tertiary/aromatic N) is 6.